The van der Waals surface area contributed by atoms with Gasteiger partial charge in [0.15, 0.2) is 10.8 Å². The van der Waals surface area contributed by atoms with E-state index in [0.29, 0.717) is 4.67 Å². The highest BCUT2D eigenvalue weighted by Crippen LogP contribution is 2.47. The molecule has 23 heavy (non-hydrogen) atoms. The number of hydrogen-bond acceptors (Lipinski definition) is 8. The van der Waals surface area contributed by atoms with Crippen molar-refractivity contribution in [3.8, 4) is 0 Å². The summed E-state index contributed by atoms with van der Waals surface area (Å²) in [6, 6.07) is -1.94. The van der Waals surface area contributed by atoms with Crippen LogP contribution in [-0.2, 0) is 19.0 Å². The number of oxime groups is 1. The zero-order valence-electron chi connectivity index (χ0n) is 12.0. The minimum absolute atomic E-state index is 0.165. The summed E-state index contributed by atoms with van der Waals surface area (Å²) in [5, 5.41) is 7.61. The summed E-state index contributed by atoms with van der Waals surface area (Å²) >= 11 is 1.09. The normalized spacial score (nSPS) is 21.8. The van der Waals surface area contributed by atoms with Gasteiger partial charge in [0.05, 0.1) is 6.04 Å². The molecule has 11 nitrogen and oxygen atoms in total. The van der Waals surface area contributed by atoms with Gasteiger partial charge in [-0.2, -0.15) is 0 Å². The Bertz CT molecular complexity index is 714. The third-order valence-electron chi connectivity index (χ3n) is 3.09. The van der Waals surface area contributed by atoms with Gasteiger partial charge in [0.25, 0.3) is 11.8 Å². The van der Waals surface area contributed by atoms with Crippen molar-refractivity contribution < 1.29 is 28.8 Å². The molecule has 0 aromatic carbocycles. The number of nitrogen functional groups attached to an aromatic ring is 1. The molecule has 2 heterocycles. The monoisotopic (exact) mass is 363 g/mol. The molecule has 1 aromatic heterocycles. The third kappa shape index (κ3) is 3.34. The van der Waals surface area contributed by atoms with E-state index in [1.807, 2.05) is 0 Å². The molecule has 2 rings (SSSR count). The molecule has 2 atom stereocenters. The van der Waals surface area contributed by atoms with Gasteiger partial charge in [-0.25, -0.2) is 14.2 Å². The maximum atomic E-state index is 12.2. The Morgan fingerprint density at radius 2 is 2.26 bits per heavy atom. The molecule has 1 aromatic rings. The number of rotatable bonds is 5. The molecule has 1 unspecified atom stereocenters. The van der Waals surface area contributed by atoms with E-state index in [1.54, 1.807) is 0 Å². The van der Waals surface area contributed by atoms with Crippen LogP contribution in [0.5, 0.6) is 0 Å². The summed E-state index contributed by atoms with van der Waals surface area (Å²) in [5.41, 5.74) is 5.46. The first-order chi connectivity index (χ1) is 10.7. The van der Waals surface area contributed by atoms with Gasteiger partial charge < -0.3 is 25.7 Å². The molecular weight excluding hydrogens is 349 g/mol. The van der Waals surface area contributed by atoms with Crippen LogP contribution in [-0.4, -0.2) is 56.2 Å². The summed E-state index contributed by atoms with van der Waals surface area (Å²) in [5.74, 6) is -1.65. The van der Waals surface area contributed by atoms with Crippen LogP contribution in [0.15, 0.2) is 10.5 Å². The van der Waals surface area contributed by atoms with Crippen molar-refractivity contribution in [1.82, 2.24) is 15.0 Å². The number of β-lactam (4-membered cyclic amide) rings is 1. The Morgan fingerprint density at radius 3 is 2.70 bits per heavy atom. The molecule has 1 aliphatic rings. The second-order valence-corrected chi connectivity index (χ2v) is 6.93. The van der Waals surface area contributed by atoms with Gasteiger partial charge in [-0.15, -0.1) is 11.3 Å². The number of amides is 2. The van der Waals surface area contributed by atoms with Crippen molar-refractivity contribution in [1.29, 1.82) is 0 Å². The summed E-state index contributed by atoms with van der Waals surface area (Å²) in [4.78, 5) is 50.6. The molecule has 5 N–H and O–H groups in total. The number of carbonyl (C=O) groups is 2. The van der Waals surface area contributed by atoms with Crippen LogP contribution in [0.1, 0.15) is 12.6 Å². The van der Waals surface area contributed by atoms with Crippen LogP contribution < -0.4 is 11.1 Å². The molecule has 13 heteroatoms. The predicted molar refractivity (Wildman–Crippen MR) is 80.4 cm³/mol. The lowest BCUT2D eigenvalue weighted by atomic mass is 10.0. The van der Waals surface area contributed by atoms with E-state index in [1.165, 1.54) is 19.4 Å². The second-order valence-electron chi connectivity index (χ2n) is 4.58. The second kappa shape index (κ2) is 6.24. The van der Waals surface area contributed by atoms with Crippen LogP contribution in [0.3, 0.4) is 0 Å². The Hall–Kier alpha value is -2.01. The number of nitrogens with zero attached hydrogens (tertiary/aromatic N) is 3. The van der Waals surface area contributed by atoms with E-state index in [-0.39, 0.29) is 16.5 Å². The minimum atomic E-state index is -4.70. The highest BCUT2D eigenvalue weighted by atomic mass is 32.1. The molecule has 1 aliphatic heterocycles. The van der Waals surface area contributed by atoms with Gasteiger partial charge in [-0.05, 0) is 6.92 Å². The van der Waals surface area contributed by atoms with Gasteiger partial charge >= 0.3 is 7.75 Å². The van der Waals surface area contributed by atoms with Gasteiger partial charge in [0.2, 0.25) is 0 Å². The van der Waals surface area contributed by atoms with Crippen molar-refractivity contribution in [3.63, 3.8) is 0 Å². The molecule has 0 saturated carbocycles. The quantitative estimate of drug-likeness (QED) is 0.221. The van der Waals surface area contributed by atoms with E-state index in [9.17, 15) is 14.2 Å². The first-order valence-corrected chi connectivity index (χ1v) is 8.63. The van der Waals surface area contributed by atoms with E-state index < -0.39 is 31.6 Å². The maximum absolute atomic E-state index is 12.2. The summed E-state index contributed by atoms with van der Waals surface area (Å²) in [7, 11) is -3.47. The average Bonchev–Trinajstić information content (AvgIpc) is 2.86. The Labute approximate surface area is 134 Å². The third-order valence-corrected chi connectivity index (χ3v) is 4.89. The van der Waals surface area contributed by atoms with Crippen LogP contribution in [0.4, 0.5) is 5.13 Å². The SMILES string of the molecule is CO/N=C(\C(=O)N[C@@H]1C(=O)N(P(=O)(O)O)C1C)c1csc(N)n1. The molecule has 1 saturated heterocycles. The van der Waals surface area contributed by atoms with Gasteiger partial charge in [-0.3, -0.25) is 9.59 Å². The van der Waals surface area contributed by atoms with E-state index in [0.717, 1.165) is 11.3 Å². The number of nitrogens with one attached hydrogen (secondary N) is 1. The number of hydrogen-bond donors (Lipinski definition) is 4. The topological polar surface area (TPSA) is 167 Å². The van der Waals surface area contributed by atoms with E-state index in [2.05, 4.69) is 20.3 Å². The zero-order valence-corrected chi connectivity index (χ0v) is 13.7. The number of thiazole rings is 1. The number of aromatic nitrogens is 1. The fourth-order valence-electron chi connectivity index (χ4n) is 2.06. The fourth-order valence-corrected chi connectivity index (χ4v) is 3.60. The van der Waals surface area contributed by atoms with Crippen molar-refractivity contribution in [3.05, 3.63) is 11.1 Å². The number of carbonyl (C=O) groups excluding carboxylic acids is 2. The highest BCUT2D eigenvalue weighted by molar-refractivity contribution is 7.50. The largest absolute Gasteiger partial charge is 0.432 e. The molecule has 1 fully saturated rings. The average molecular weight is 363 g/mol. The molecule has 0 bridgehead atoms. The lowest BCUT2D eigenvalue weighted by Gasteiger charge is -2.44. The molecule has 0 spiro atoms. The predicted octanol–water partition coefficient (Wildman–Crippen LogP) is -1.12. The standard InChI is InChI=1S/C10H14N5O6PS/c1-4-6(9(17)15(4)22(18,19)20)13-8(16)7(14-21-2)5-3-23-10(11)12-5/h3-4,6H,1-2H3,(H2,11,12)(H,13,16)(H2,18,19,20)/b14-7-/t4?,6-/m0/s1. The lowest BCUT2D eigenvalue weighted by molar-refractivity contribution is -0.145. The Morgan fingerprint density at radius 1 is 1.61 bits per heavy atom. The van der Waals surface area contributed by atoms with E-state index in [4.69, 9.17) is 15.5 Å². The molecular formula is C10H14N5O6PS. The molecule has 2 amide bonds. The van der Waals surface area contributed by atoms with Crippen molar-refractivity contribution >= 4 is 41.7 Å². The highest BCUT2D eigenvalue weighted by Gasteiger charge is 2.53. The number of anilines is 1. The minimum Gasteiger partial charge on any atom is -0.398 e. The van der Waals surface area contributed by atoms with Gasteiger partial charge in [0, 0.05) is 5.38 Å². The van der Waals surface area contributed by atoms with Gasteiger partial charge in [-0.1, -0.05) is 5.16 Å². The van der Waals surface area contributed by atoms with E-state index >= 15 is 0 Å². The molecule has 0 radical (unpaired) electrons. The summed E-state index contributed by atoms with van der Waals surface area (Å²) in [6.07, 6.45) is 0. The van der Waals surface area contributed by atoms with Crippen molar-refractivity contribution in [2.24, 2.45) is 5.16 Å². The van der Waals surface area contributed by atoms with Crippen LogP contribution in [0.25, 0.3) is 0 Å². The van der Waals surface area contributed by atoms with Crippen molar-refractivity contribution in [2.45, 2.75) is 19.0 Å². The van der Waals surface area contributed by atoms with Crippen LogP contribution in [0.2, 0.25) is 0 Å². The lowest BCUT2D eigenvalue weighted by Crippen LogP contribution is -2.68. The zero-order chi connectivity index (χ0) is 17.4. The summed E-state index contributed by atoms with van der Waals surface area (Å²) in [6.45, 7) is 1.40. The van der Waals surface area contributed by atoms with Crippen LogP contribution >= 0.6 is 19.1 Å². The molecule has 0 aliphatic carbocycles. The maximum Gasteiger partial charge on any atom is 0.432 e. The Balaban J connectivity index is 2.14. The number of nitrogens with two attached hydrogens (primary N) is 1. The van der Waals surface area contributed by atoms with Crippen LogP contribution in [0, 0.1) is 0 Å². The summed E-state index contributed by atoms with van der Waals surface area (Å²) < 4.78 is 11.6. The first-order valence-electron chi connectivity index (χ1n) is 6.19. The molecule has 126 valence electrons. The van der Waals surface area contributed by atoms with Gasteiger partial charge in [0.1, 0.15) is 18.8 Å². The van der Waals surface area contributed by atoms with Crippen molar-refractivity contribution in [2.75, 3.05) is 12.8 Å². The first kappa shape index (κ1) is 17.3. The fraction of sp³-hybridized carbons (Fsp3) is 0.400. The smallest absolute Gasteiger partial charge is 0.398 e. The Kier molecular flexibility index (Phi) is 4.71.